The number of nitrogens with zero attached hydrogens (tertiary/aromatic N) is 4. The molecule has 0 radical (unpaired) electrons. The lowest BCUT2D eigenvalue weighted by Gasteiger charge is -2.33. The molecule has 0 aliphatic heterocycles. The number of hydrogen-bond acceptors (Lipinski definition) is 3. The van der Waals surface area contributed by atoms with E-state index in [9.17, 15) is 0 Å². The Kier molecular flexibility index (Phi) is 8.27. The van der Waals surface area contributed by atoms with Gasteiger partial charge in [-0.15, -0.1) is 0 Å². The second kappa shape index (κ2) is 12.4. The molecule has 48 heavy (non-hydrogen) atoms. The van der Waals surface area contributed by atoms with Gasteiger partial charge in [-0.3, -0.25) is 4.57 Å². The van der Waals surface area contributed by atoms with Crippen LogP contribution < -0.4 is 4.74 Å². The van der Waals surface area contributed by atoms with Crippen molar-refractivity contribution in [3.05, 3.63) is 119 Å². The number of allylic oxidation sites excluding steroid dienone is 2. The molecule has 3 aromatic heterocycles. The van der Waals surface area contributed by atoms with Crippen LogP contribution in [-0.2, 0) is 0 Å². The summed E-state index contributed by atoms with van der Waals surface area (Å²) in [5.74, 6) is 4.68. The first kappa shape index (κ1) is 31.9. The number of benzene rings is 3. The fourth-order valence-corrected chi connectivity index (χ4v) is 8.21. The zero-order valence-electron chi connectivity index (χ0n) is 29.9. The van der Waals surface area contributed by atoms with Gasteiger partial charge in [0.1, 0.15) is 17.3 Å². The van der Waals surface area contributed by atoms with Crippen molar-refractivity contribution < 1.29 is 4.74 Å². The van der Waals surface area contributed by atoms with E-state index in [1.54, 1.807) is 0 Å². The van der Waals surface area contributed by atoms with E-state index in [1.807, 2.05) is 12.3 Å². The molecular formula is C43H48N4O. The molecule has 3 aromatic carbocycles. The third kappa shape index (κ3) is 5.63. The fourth-order valence-electron chi connectivity index (χ4n) is 8.21. The van der Waals surface area contributed by atoms with Crippen LogP contribution in [0.25, 0.3) is 33.3 Å². The maximum atomic E-state index is 6.70. The minimum atomic E-state index is 0.309. The first-order valence-corrected chi connectivity index (χ1v) is 17.6. The van der Waals surface area contributed by atoms with Crippen molar-refractivity contribution in [2.24, 2.45) is 11.8 Å². The van der Waals surface area contributed by atoms with Gasteiger partial charge in [-0.25, -0.2) is 9.67 Å². The third-order valence-corrected chi connectivity index (χ3v) is 10.0. The van der Waals surface area contributed by atoms with Gasteiger partial charge in [-0.05, 0) is 104 Å². The maximum absolute atomic E-state index is 6.70. The fraction of sp³-hybridized carbons (Fsp3) is 0.349. The van der Waals surface area contributed by atoms with Crippen LogP contribution in [0.5, 0.6) is 11.5 Å². The summed E-state index contributed by atoms with van der Waals surface area (Å²) in [5.41, 5.74) is 11.0. The molecule has 0 saturated heterocycles. The first-order chi connectivity index (χ1) is 23.0. The number of para-hydroxylation sites is 1. The van der Waals surface area contributed by atoms with Gasteiger partial charge in [0.2, 0.25) is 0 Å². The van der Waals surface area contributed by atoms with Crippen LogP contribution in [0, 0.1) is 25.7 Å². The standard InChI is InChI=1S/C43H48N4O/c1-25(2)42-41(40-30(8)18-28(6)19-31(40)9)43(26(3)4)47(45-42)32-20-29(7)21-34(23-32)48-33-14-15-36-35-12-10-11-13-37(35)46(38(36)24-33)39-22-27(5)16-17-44-39/h10-18,20-26,28,31,40H,19H2,1-9H3/t28?,31-,40+/m0/s1. The van der Waals surface area contributed by atoms with Crippen molar-refractivity contribution in [2.75, 3.05) is 0 Å². The van der Waals surface area contributed by atoms with Crippen LogP contribution in [-0.4, -0.2) is 19.3 Å². The summed E-state index contributed by atoms with van der Waals surface area (Å²) < 4.78 is 11.2. The van der Waals surface area contributed by atoms with E-state index in [4.69, 9.17) is 14.8 Å². The van der Waals surface area contributed by atoms with Crippen LogP contribution in [0.2, 0.25) is 0 Å². The van der Waals surface area contributed by atoms with Crippen LogP contribution in [0.4, 0.5) is 0 Å². The summed E-state index contributed by atoms with van der Waals surface area (Å²) >= 11 is 0. The number of aromatic nitrogens is 4. The molecule has 5 nitrogen and oxygen atoms in total. The number of aryl methyl sites for hydroxylation is 2. The molecule has 0 bridgehead atoms. The largest absolute Gasteiger partial charge is 0.457 e. The highest BCUT2D eigenvalue weighted by molar-refractivity contribution is 6.09. The second-order valence-corrected chi connectivity index (χ2v) is 14.8. The van der Waals surface area contributed by atoms with Gasteiger partial charge in [-0.1, -0.05) is 71.4 Å². The molecule has 0 N–H and O–H groups in total. The maximum Gasteiger partial charge on any atom is 0.137 e. The molecule has 246 valence electrons. The lowest BCUT2D eigenvalue weighted by molar-refractivity contribution is 0.388. The molecule has 6 aromatic rings. The first-order valence-electron chi connectivity index (χ1n) is 17.6. The van der Waals surface area contributed by atoms with E-state index in [-0.39, 0.29) is 0 Å². The smallest absolute Gasteiger partial charge is 0.137 e. The molecule has 0 amide bonds. The summed E-state index contributed by atoms with van der Waals surface area (Å²) in [6.07, 6.45) is 5.57. The Morgan fingerprint density at radius 1 is 0.771 bits per heavy atom. The monoisotopic (exact) mass is 636 g/mol. The Hall–Kier alpha value is -4.64. The summed E-state index contributed by atoms with van der Waals surface area (Å²) in [6, 6.07) is 25.6. The minimum Gasteiger partial charge on any atom is -0.457 e. The number of pyridine rings is 1. The summed E-state index contributed by atoms with van der Waals surface area (Å²) in [6.45, 7) is 20.5. The SMILES string of the molecule is CC1=CC(C)C[C@H](C)[C@@H]1c1c(C(C)C)nn(-c2cc(C)cc(Oc3ccc4c5ccccc5n(-c5cc(C)ccn5)c4c3)c2)c1C(C)C. The summed E-state index contributed by atoms with van der Waals surface area (Å²) in [5, 5.41) is 7.77. The molecule has 3 atom stereocenters. The molecule has 7 rings (SSSR count). The van der Waals surface area contributed by atoms with Crippen molar-refractivity contribution in [2.45, 2.75) is 86.5 Å². The quantitative estimate of drug-likeness (QED) is 0.164. The highest BCUT2D eigenvalue weighted by Crippen LogP contribution is 2.46. The lowest BCUT2D eigenvalue weighted by atomic mass is 9.71. The van der Waals surface area contributed by atoms with Crippen molar-refractivity contribution in [1.82, 2.24) is 19.3 Å². The van der Waals surface area contributed by atoms with Gasteiger partial charge < -0.3 is 4.74 Å². The van der Waals surface area contributed by atoms with Gasteiger partial charge in [0.15, 0.2) is 0 Å². The molecule has 0 fully saturated rings. The minimum absolute atomic E-state index is 0.309. The predicted molar refractivity (Wildman–Crippen MR) is 199 cm³/mol. The lowest BCUT2D eigenvalue weighted by Crippen LogP contribution is -2.21. The Balaban J connectivity index is 1.34. The van der Waals surface area contributed by atoms with Gasteiger partial charge >= 0.3 is 0 Å². The Morgan fingerprint density at radius 3 is 2.27 bits per heavy atom. The van der Waals surface area contributed by atoms with Gasteiger partial charge in [0.25, 0.3) is 0 Å². The predicted octanol–water partition coefficient (Wildman–Crippen LogP) is 11.7. The molecule has 3 heterocycles. The van der Waals surface area contributed by atoms with E-state index < -0.39 is 0 Å². The van der Waals surface area contributed by atoms with E-state index in [0.717, 1.165) is 39.6 Å². The number of hydrogen-bond donors (Lipinski definition) is 0. The van der Waals surface area contributed by atoms with Gasteiger partial charge in [0, 0.05) is 40.6 Å². The number of ether oxygens (including phenoxy) is 1. The van der Waals surface area contributed by atoms with Crippen LogP contribution in [0.3, 0.4) is 0 Å². The van der Waals surface area contributed by atoms with Crippen molar-refractivity contribution in [1.29, 1.82) is 0 Å². The topological polar surface area (TPSA) is 44.9 Å². The molecule has 0 spiro atoms. The number of fused-ring (bicyclic) bond motifs is 3. The molecular weight excluding hydrogens is 589 g/mol. The molecule has 1 aliphatic rings. The van der Waals surface area contributed by atoms with E-state index in [1.165, 1.54) is 45.3 Å². The summed E-state index contributed by atoms with van der Waals surface area (Å²) in [7, 11) is 0. The molecule has 1 aliphatic carbocycles. The Labute approximate surface area is 285 Å². The third-order valence-electron chi connectivity index (χ3n) is 10.0. The van der Waals surface area contributed by atoms with Gasteiger partial charge in [-0.2, -0.15) is 5.10 Å². The van der Waals surface area contributed by atoms with Crippen molar-refractivity contribution >= 4 is 21.8 Å². The normalized spacial score (nSPS) is 18.3. The Bertz CT molecular complexity index is 2180. The van der Waals surface area contributed by atoms with Crippen LogP contribution in [0.1, 0.15) is 101 Å². The van der Waals surface area contributed by atoms with Crippen molar-refractivity contribution in [3.63, 3.8) is 0 Å². The van der Waals surface area contributed by atoms with Crippen molar-refractivity contribution in [3.8, 4) is 23.0 Å². The highest BCUT2D eigenvalue weighted by Gasteiger charge is 2.35. The zero-order chi connectivity index (χ0) is 33.9. The molecule has 5 heteroatoms. The van der Waals surface area contributed by atoms with Gasteiger partial charge in [0.05, 0.1) is 28.1 Å². The van der Waals surface area contributed by atoms with E-state index in [2.05, 4.69) is 144 Å². The Morgan fingerprint density at radius 2 is 1.54 bits per heavy atom. The summed E-state index contributed by atoms with van der Waals surface area (Å²) in [4.78, 5) is 4.75. The highest BCUT2D eigenvalue weighted by atomic mass is 16.5. The zero-order valence-corrected chi connectivity index (χ0v) is 29.9. The van der Waals surface area contributed by atoms with E-state index >= 15 is 0 Å². The number of rotatable bonds is 7. The van der Waals surface area contributed by atoms with Crippen LogP contribution >= 0.6 is 0 Å². The molecule has 1 unspecified atom stereocenters. The average Bonchev–Trinajstić information content (AvgIpc) is 3.57. The molecule has 0 saturated carbocycles. The van der Waals surface area contributed by atoms with Crippen LogP contribution in [0.15, 0.2) is 90.6 Å². The van der Waals surface area contributed by atoms with E-state index in [0.29, 0.717) is 29.6 Å². The second-order valence-electron chi connectivity index (χ2n) is 14.8. The average molecular weight is 637 g/mol.